The van der Waals surface area contributed by atoms with Gasteiger partial charge in [-0.25, -0.2) is 24.3 Å². The number of carbonyl (C=O) groups is 1. The first-order valence-electron chi connectivity index (χ1n) is 9.63. The summed E-state index contributed by atoms with van der Waals surface area (Å²) < 4.78 is 4.58. The molecular formula is C22H18N6O3. The van der Waals surface area contributed by atoms with E-state index < -0.39 is 18.2 Å². The van der Waals surface area contributed by atoms with Crippen molar-refractivity contribution in [2.45, 2.75) is 20.4 Å². The predicted molar refractivity (Wildman–Crippen MR) is 114 cm³/mol. The van der Waals surface area contributed by atoms with Crippen LogP contribution in [0.1, 0.15) is 11.3 Å². The van der Waals surface area contributed by atoms with Crippen molar-refractivity contribution in [2.75, 3.05) is 0 Å². The van der Waals surface area contributed by atoms with E-state index in [9.17, 15) is 14.7 Å². The van der Waals surface area contributed by atoms with E-state index in [1.165, 1.54) is 9.13 Å². The third kappa shape index (κ3) is 2.90. The smallest absolute Gasteiger partial charge is 0.335 e. The number of para-hydroxylation sites is 1. The Morgan fingerprint density at radius 2 is 1.94 bits per heavy atom. The van der Waals surface area contributed by atoms with Gasteiger partial charge >= 0.3 is 11.7 Å². The van der Waals surface area contributed by atoms with Crippen molar-refractivity contribution in [3.63, 3.8) is 0 Å². The minimum absolute atomic E-state index is 0.373. The lowest BCUT2D eigenvalue weighted by Gasteiger charge is -2.10. The van der Waals surface area contributed by atoms with Crippen molar-refractivity contribution in [3.8, 4) is 17.1 Å². The van der Waals surface area contributed by atoms with Crippen molar-refractivity contribution in [1.82, 2.24) is 28.5 Å². The average molecular weight is 414 g/mol. The summed E-state index contributed by atoms with van der Waals surface area (Å²) in [6.07, 6.45) is 7.00. The van der Waals surface area contributed by atoms with Crippen LogP contribution in [0.25, 0.3) is 33.6 Å². The third-order valence-electron chi connectivity index (χ3n) is 5.31. The van der Waals surface area contributed by atoms with Crippen LogP contribution in [0.2, 0.25) is 0 Å². The van der Waals surface area contributed by atoms with E-state index in [0.29, 0.717) is 28.2 Å². The Balaban J connectivity index is 1.73. The van der Waals surface area contributed by atoms with E-state index in [1.54, 1.807) is 37.8 Å². The number of carboxylic acid groups (broad SMARTS) is 1. The molecule has 0 spiro atoms. The molecule has 1 aromatic carbocycles. The van der Waals surface area contributed by atoms with Gasteiger partial charge in [-0.3, -0.25) is 9.36 Å². The summed E-state index contributed by atoms with van der Waals surface area (Å²) in [5.74, 6) is -0.715. The van der Waals surface area contributed by atoms with Gasteiger partial charge in [-0.1, -0.05) is 12.1 Å². The molecule has 0 aliphatic heterocycles. The minimum atomic E-state index is -1.09. The highest BCUT2D eigenvalue weighted by atomic mass is 16.4. The molecule has 1 N–H and O–H groups in total. The fourth-order valence-electron chi connectivity index (χ4n) is 3.95. The fourth-order valence-corrected chi connectivity index (χ4v) is 3.95. The molecule has 0 unspecified atom stereocenters. The van der Waals surface area contributed by atoms with Gasteiger partial charge in [0.1, 0.15) is 6.54 Å². The number of fused-ring (bicyclic) bond motifs is 2. The van der Waals surface area contributed by atoms with Crippen LogP contribution in [0.5, 0.6) is 0 Å². The first kappa shape index (κ1) is 18.7. The molecule has 5 aromatic rings. The zero-order chi connectivity index (χ0) is 21.7. The maximum Gasteiger partial charge on any atom is 0.335 e. The molecular weight excluding hydrogens is 396 g/mol. The number of nitrogens with zero attached hydrogens (tertiary/aromatic N) is 6. The van der Waals surface area contributed by atoms with E-state index in [1.807, 2.05) is 35.7 Å². The Bertz CT molecular complexity index is 1540. The number of benzene rings is 1. The second-order valence-corrected chi connectivity index (χ2v) is 7.31. The lowest BCUT2D eigenvalue weighted by Crippen LogP contribution is -2.27. The molecule has 4 aromatic heterocycles. The number of hydrogen-bond donors (Lipinski definition) is 1. The second kappa shape index (κ2) is 6.91. The van der Waals surface area contributed by atoms with E-state index in [-0.39, 0.29) is 0 Å². The van der Waals surface area contributed by atoms with Crippen molar-refractivity contribution < 1.29 is 9.90 Å². The Morgan fingerprint density at radius 3 is 2.71 bits per heavy atom. The molecule has 9 heteroatoms. The molecule has 0 aliphatic rings. The molecule has 0 atom stereocenters. The lowest BCUT2D eigenvalue weighted by atomic mass is 10.1. The van der Waals surface area contributed by atoms with Crippen molar-refractivity contribution in [3.05, 3.63) is 77.0 Å². The van der Waals surface area contributed by atoms with Crippen LogP contribution in [0.3, 0.4) is 0 Å². The van der Waals surface area contributed by atoms with Gasteiger partial charge in [0.25, 0.3) is 0 Å². The SMILES string of the molecule is Cc1nc(-c2cccn3cncc23)cnc1-n1c(=O)n(CC(=O)O)c2cccc(C)c21. The van der Waals surface area contributed by atoms with E-state index in [2.05, 4.69) is 9.97 Å². The Labute approximate surface area is 175 Å². The molecule has 0 saturated carbocycles. The Morgan fingerprint density at radius 1 is 1.10 bits per heavy atom. The predicted octanol–water partition coefficient (Wildman–Crippen LogP) is 2.60. The highest BCUT2D eigenvalue weighted by Crippen LogP contribution is 2.25. The molecule has 31 heavy (non-hydrogen) atoms. The van der Waals surface area contributed by atoms with Crippen LogP contribution in [0.4, 0.5) is 0 Å². The summed E-state index contributed by atoms with van der Waals surface area (Å²) in [6.45, 7) is 3.23. The van der Waals surface area contributed by atoms with E-state index in [0.717, 1.165) is 16.6 Å². The number of aromatic nitrogens is 6. The van der Waals surface area contributed by atoms with Crippen LogP contribution in [0, 0.1) is 13.8 Å². The Kier molecular flexibility index (Phi) is 4.18. The van der Waals surface area contributed by atoms with Gasteiger partial charge in [-0.15, -0.1) is 0 Å². The topological polar surface area (TPSA) is 107 Å². The average Bonchev–Trinajstić information content (AvgIpc) is 3.32. The fraction of sp³-hybridized carbons (Fsp3) is 0.136. The van der Waals surface area contributed by atoms with Crippen LogP contribution in [-0.4, -0.2) is 39.6 Å². The van der Waals surface area contributed by atoms with Gasteiger partial charge in [0.05, 0.1) is 46.7 Å². The van der Waals surface area contributed by atoms with Crippen LogP contribution in [0.15, 0.2) is 60.0 Å². The molecule has 5 rings (SSSR count). The standard InChI is InChI=1S/C22H18N6O3/c1-13-5-3-7-17-20(13)28(22(31)27(17)11-19(29)30)21-14(2)25-16(9-24-21)15-6-4-8-26-12-23-10-18(15)26/h3-10,12H,11H2,1-2H3,(H,29,30). The molecule has 0 saturated heterocycles. The molecule has 4 heterocycles. The number of aryl methyl sites for hydroxylation is 2. The van der Waals surface area contributed by atoms with E-state index in [4.69, 9.17) is 4.98 Å². The molecule has 0 fully saturated rings. The zero-order valence-corrected chi connectivity index (χ0v) is 16.9. The number of carboxylic acids is 1. The first-order valence-corrected chi connectivity index (χ1v) is 9.63. The molecule has 9 nitrogen and oxygen atoms in total. The third-order valence-corrected chi connectivity index (χ3v) is 5.31. The lowest BCUT2D eigenvalue weighted by molar-refractivity contribution is -0.137. The summed E-state index contributed by atoms with van der Waals surface area (Å²) in [7, 11) is 0. The Hall–Kier alpha value is -4.27. The molecule has 154 valence electrons. The van der Waals surface area contributed by atoms with Gasteiger partial charge < -0.3 is 9.51 Å². The highest BCUT2D eigenvalue weighted by molar-refractivity contribution is 5.83. The van der Waals surface area contributed by atoms with Gasteiger partial charge in [0.2, 0.25) is 0 Å². The summed E-state index contributed by atoms with van der Waals surface area (Å²) in [4.78, 5) is 38.0. The van der Waals surface area contributed by atoms with Gasteiger partial charge in [-0.2, -0.15) is 0 Å². The van der Waals surface area contributed by atoms with Crippen LogP contribution >= 0.6 is 0 Å². The van der Waals surface area contributed by atoms with Crippen molar-refractivity contribution >= 4 is 22.5 Å². The normalized spacial score (nSPS) is 11.4. The number of rotatable bonds is 4. The quantitative estimate of drug-likeness (QED) is 0.484. The molecule has 0 amide bonds. The summed E-state index contributed by atoms with van der Waals surface area (Å²) in [5, 5.41) is 9.28. The van der Waals surface area contributed by atoms with Crippen molar-refractivity contribution in [2.24, 2.45) is 0 Å². The summed E-state index contributed by atoms with van der Waals surface area (Å²) >= 11 is 0. The van der Waals surface area contributed by atoms with Gasteiger partial charge in [0, 0.05) is 11.8 Å². The largest absolute Gasteiger partial charge is 0.480 e. The second-order valence-electron chi connectivity index (χ2n) is 7.31. The summed E-state index contributed by atoms with van der Waals surface area (Å²) in [6, 6.07) is 9.26. The molecule has 0 radical (unpaired) electrons. The zero-order valence-electron chi connectivity index (χ0n) is 16.9. The molecule has 0 bridgehead atoms. The van der Waals surface area contributed by atoms with E-state index >= 15 is 0 Å². The van der Waals surface area contributed by atoms with Crippen molar-refractivity contribution in [1.29, 1.82) is 0 Å². The monoisotopic (exact) mass is 414 g/mol. The number of aliphatic carboxylic acids is 1. The maximum absolute atomic E-state index is 13.2. The molecule has 0 aliphatic carbocycles. The number of hydrogen-bond acceptors (Lipinski definition) is 5. The first-order chi connectivity index (χ1) is 15.0. The van der Waals surface area contributed by atoms with Gasteiger partial charge in [0.15, 0.2) is 5.82 Å². The summed E-state index contributed by atoms with van der Waals surface area (Å²) in [5.41, 5.74) is 4.53. The maximum atomic E-state index is 13.2. The number of imidazole rings is 2. The highest BCUT2D eigenvalue weighted by Gasteiger charge is 2.21. The van der Waals surface area contributed by atoms with Crippen LogP contribution in [-0.2, 0) is 11.3 Å². The minimum Gasteiger partial charge on any atom is -0.480 e. The van der Waals surface area contributed by atoms with Crippen LogP contribution < -0.4 is 5.69 Å². The van der Waals surface area contributed by atoms with Gasteiger partial charge in [-0.05, 0) is 37.6 Å². The number of pyridine rings is 1.